The maximum absolute atomic E-state index is 12.8. The molecule has 0 saturated heterocycles. The number of fused-ring (bicyclic) bond motifs is 1. The Morgan fingerprint density at radius 2 is 1.94 bits per heavy atom. The van der Waals surface area contributed by atoms with Gasteiger partial charge in [0.1, 0.15) is 17.3 Å². The topological polar surface area (TPSA) is 88.6 Å². The van der Waals surface area contributed by atoms with E-state index in [1.54, 1.807) is 30.1 Å². The van der Waals surface area contributed by atoms with E-state index in [0.29, 0.717) is 43.3 Å². The fourth-order valence-corrected chi connectivity index (χ4v) is 5.13. The molecule has 2 heterocycles. The molecular weight excluding hydrogens is 440 g/mol. The molecule has 33 heavy (non-hydrogen) atoms. The first-order chi connectivity index (χ1) is 15.6. The van der Waals surface area contributed by atoms with Crippen molar-refractivity contribution in [3.8, 4) is 0 Å². The van der Waals surface area contributed by atoms with Crippen LogP contribution in [-0.2, 0) is 34.3 Å². The average Bonchev–Trinajstić information content (AvgIpc) is 3.18. The number of hydrogen-bond acceptors (Lipinski definition) is 5. The summed E-state index contributed by atoms with van der Waals surface area (Å²) in [4.78, 5) is 19.3. The van der Waals surface area contributed by atoms with Crippen molar-refractivity contribution in [2.75, 3.05) is 21.1 Å². The number of amides is 1. The molecule has 1 fully saturated rings. The van der Waals surface area contributed by atoms with E-state index in [1.165, 1.54) is 24.8 Å². The first-order valence-corrected chi connectivity index (χ1v) is 12.8. The van der Waals surface area contributed by atoms with Gasteiger partial charge in [0.15, 0.2) is 0 Å². The second-order valence-corrected chi connectivity index (χ2v) is 11.2. The number of carbonyl (C=O) groups excluding carboxylic acids is 1. The van der Waals surface area contributed by atoms with Gasteiger partial charge in [-0.05, 0) is 49.6 Å². The Morgan fingerprint density at radius 1 is 1.21 bits per heavy atom. The summed E-state index contributed by atoms with van der Waals surface area (Å²) in [5.41, 5.74) is 1.48. The van der Waals surface area contributed by atoms with Gasteiger partial charge >= 0.3 is 0 Å². The Kier molecular flexibility index (Phi) is 6.37. The first kappa shape index (κ1) is 23.5. The average molecular weight is 473 g/mol. The standard InChI is InChI=1S/C24H32N4O4S/c1-6-28-21-9-8-18(33(30,31)26(3)4)14-20(21)25-23(28)11-12-24(29)27(5)15-17-7-10-22(32-17)19-13-16(19)2/h7-10,14,16,19H,6,11-13,15H2,1-5H3. The third-order valence-corrected chi connectivity index (χ3v) is 8.24. The largest absolute Gasteiger partial charge is 0.464 e. The zero-order valence-electron chi connectivity index (χ0n) is 19.9. The smallest absolute Gasteiger partial charge is 0.242 e. The molecule has 9 heteroatoms. The predicted molar refractivity (Wildman–Crippen MR) is 126 cm³/mol. The number of furan rings is 1. The van der Waals surface area contributed by atoms with Crippen LogP contribution in [0.4, 0.5) is 0 Å². The van der Waals surface area contributed by atoms with E-state index < -0.39 is 10.0 Å². The number of benzene rings is 1. The zero-order valence-corrected chi connectivity index (χ0v) is 20.7. The van der Waals surface area contributed by atoms with Crippen molar-refractivity contribution in [1.29, 1.82) is 0 Å². The minimum atomic E-state index is -3.53. The van der Waals surface area contributed by atoms with Crippen LogP contribution in [0.3, 0.4) is 0 Å². The molecule has 0 bridgehead atoms. The summed E-state index contributed by atoms with van der Waals surface area (Å²) < 4.78 is 34.1. The molecule has 3 aromatic rings. The SMILES string of the molecule is CCn1c(CCC(=O)N(C)Cc2ccc(C3CC3C)o2)nc2cc(S(=O)(=O)N(C)C)ccc21. The van der Waals surface area contributed by atoms with Crippen molar-refractivity contribution in [3.05, 3.63) is 47.7 Å². The fraction of sp³-hybridized carbons (Fsp3) is 0.500. The van der Waals surface area contributed by atoms with Crippen LogP contribution in [0.15, 0.2) is 39.6 Å². The van der Waals surface area contributed by atoms with E-state index in [0.717, 1.165) is 22.9 Å². The van der Waals surface area contributed by atoms with Crippen molar-refractivity contribution < 1.29 is 17.6 Å². The van der Waals surface area contributed by atoms with Crippen molar-refractivity contribution >= 4 is 27.0 Å². The lowest BCUT2D eigenvalue weighted by Gasteiger charge is -2.16. The van der Waals surface area contributed by atoms with Crippen LogP contribution in [0.5, 0.6) is 0 Å². The normalized spacial score (nSPS) is 18.2. The number of hydrogen-bond donors (Lipinski definition) is 0. The molecule has 178 valence electrons. The number of carbonyl (C=O) groups is 1. The molecule has 2 aromatic heterocycles. The van der Waals surface area contributed by atoms with E-state index in [2.05, 4.69) is 11.9 Å². The van der Waals surface area contributed by atoms with Gasteiger partial charge in [0.25, 0.3) is 0 Å². The van der Waals surface area contributed by atoms with E-state index in [1.807, 2.05) is 23.6 Å². The molecule has 0 aliphatic heterocycles. The molecule has 0 N–H and O–H groups in total. The van der Waals surface area contributed by atoms with Gasteiger partial charge in [-0.3, -0.25) is 4.79 Å². The van der Waals surface area contributed by atoms with E-state index in [-0.39, 0.29) is 10.8 Å². The van der Waals surface area contributed by atoms with E-state index in [4.69, 9.17) is 4.42 Å². The van der Waals surface area contributed by atoms with Gasteiger partial charge in [0, 0.05) is 46.4 Å². The molecule has 2 atom stereocenters. The third-order valence-electron chi connectivity index (χ3n) is 6.43. The maximum atomic E-state index is 12.8. The number of aryl methyl sites for hydroxylation is 2. The van der Waals surface area contributed by atoms with Crippen LogP contribution in [-0.4, -0.2) is 54.2 Å². The molecule has 1 amide bonds. The Morgan fingerprint density at radius 3 is 2.58 bits per heavy atom. The second kappa shape index (κ2) is 8.95. The predicted octanol–water partition coefficient (Wildman–Crippen LogP) is 3.61. The monoisotopic (exact) mass is 472 g/mol. The van der Waals surface area contributed by atoms with E-state index >= 15 is 0 Å². The highest BCUT2D eigenvalue weighted by atomic mass is 32.2. The highest BCUT2D eigenvalue weighted by molar-refractivity contribution is 7.89. The van der Waals surface area contributed by atoms with Gasteiger partial charge in [0.05, 0.1) is 22.5 Å². The van der Waals surface area contributed by atoms with Gasteiger partial charge in [-0.25, -0.2) is 17.7 Å². The van der Waals surface area contributed by atoms with E-state index in [9.17, 15) is 13.2 Å². The van der Waals surface area contributed by atoms with Gasteiger partial charge in [-0.1, -0.05) is 6.92 Å². The minimum absolute atomic E-state index is 0.0123. The van der Waals surface area contributed by atoms with Gasteiger partial charge in [-0.2, -0.15) is 0 Å². The lowest BCUT2D eigenvalue weighted by Crippen LogP contribution is -2.26. The van der Waals surface area contributed by atoms with Crippen molar-refractivity contribution in [2.24, 2.45) is 5.92 Å². The summed E-state index contributed by atoms with van der Waals surface area (Å²) in [6.07, 6.45) is 1.96. The highest BCUT2D eigenvalue weighted by Gasteiger charge is 2.36. The summed E-state index contributed by atoms with van der Waals surface area (Å²) in [5, 5.41) is 0. The molecular formula is C24H32N4O4S. The molecule has 2 unspecified atom stereocenters. The van der Waals surface area contributed by atoms with Crippen molar-refractivity contribution in [2.45, 2.75) is 57.0 Å². The van der Waals surface area contributed by atoms with Crippen LogP contribution in [0.25, 0.3) is 11.0 Å². The van der Waals surface area contributed by atoms with Gasteiger partial charge < -0.3 is 13.9 Å². The number of sulfonamides is 1. The quantitative estimate of drug-likeness (QED) is 0.475. The Balaban J connectivity index is 1.44. The van der Waals surface area contributed by atoms with Crippen molar-refractivity contribution in [1.82, 2.24) is 18.8 Å². The second-order valence-electron chi connectivity index (χ2n) is 9.08. The summed E-state index contributed by atoms with van der Waals surface area (Å²) in [7, 11) is 1.26. The maximum Gasteiger partial charge on any atom is 0.242 e. The van der Waals surface area contributed by atoms with Crippen LogP contribution in [0, 0.1) is 5.92 Å². The third kappa shape index (κ3) is 4.70. The summed E-state index contributed by atoms with van der Waals surface area (Å²) in [6.45, 7) is 5.35. The van der Waals surface area contributed by atoms with Crippen molar-refractivity contribution in [3.63, 3.8) is 0 Å². The lowest BCUT2D eigenvalue weighted by atomic mass is 10.2. The zero-order chi connectivity index (χ0) is 23.9. The molecule has 0 spiro atoms. The highest BCUT2D eigenvalue weighted by Crippen LogP contribution is 2.47. The van der Waals surface area contributed by atoms with Gasteiger partial charge in [-0.15, -0.1) is 0 Å². The van der Waals surface area contributed by atoms with Gasteiger partial charge in [0.2, 0.25) is 15.9 Å². The van der Waals surface area contributed by atoms with Crippen LogP contribution >= 0.6 is 0 Å². The summed E-state index contributed by atoms with van der Waals surface area (Å²) in [5.74, 6) is 3.81. The van der Waals surface area contributed by atoms with Crippen LogP contribution < -0.4 is 0 Å². The Bertz CT molecular complexity index is 1270. The summed E-state index contributed by atoms with van der Waals surface area (Å²) in [6, 6.07) is 8.98. The first-order valence-electron chi connectivity index (χ1n) is 11.4. The molecule has 1 aromatic carbocycles. The number of rotatable bonds is 9. The molecule has 0 radical (unpaired) electrons. The molecule has 1 aliphatic rings. The number of aromatic nitrogens is 2. The molecule has 4 rings (SSSR count). The lowest BCUT2D eigenvalue weighted by molar-refractivity contribution is -0.130. The Labute approximate surface area is 195 Å². The Hall–Kier alpha value is -2.65. The molecule has 1 saturated carbocycles. The van der Waals surface area contributed by atoms with Crippen LogP contribution in [0.1, 0.15) is 50.0 Å². The number of nitrogens with zero attached hydrogens (tertiary/aromatic N) is 4. The molecule has 8 nitrogen and oxygen atoms in total. The fourth-order valence-electron chi connectivity index (χ4n) is 4.20. The molecule has 1 aliphatic carbocycles. The summed E-state index contributed by atoms with van der Waals surface area (Å²) >= 11 is 0. The number of imidazole rings is 1. The van der Waals surface area contributed by atoms with Crippen LogP contribution in [0.2, 0.25) is 0 Å². The minimum Gasteiger partial charge on any atom is -0.464 e.